The van der Waals surface area contributed by atoms with Crippen LogP contribution in [0.25, 0.3) is 0 Å². The molecule has 2 rings (SSSR count). The van der Waals surface area contributed by atoms with Crippen LogP contribution >= 0.6 is 0 Å². The minimum Gasteiger partial charge on any atom is -0.383 e. The number of nitrogens with zero attached hydrogens (tertiary/aromatic N) is 3. The Morgan fingerprint density at radius 1 is 1.55 bits per heavy atom. The lowest BCUT2D eigenvalue weighted by atomic mass is 10.2. The van der Waals surface area contributed by atoms with Gasteiger partial charge in [0.15, 0.2) is 0 Å². The lowest BCUT2D eigenvalue weighted by Crippen LogP contribution is -2.43. The predicted molar refractivity (Wildman–Crippen MR) is 79.1 cm³/mol. The summed E-state index contributed by atoms with van der Waals surface area (Å²) in [5.41, 5.74) is 0.692. The summed E-state index contributed by atoms with van der Waals surface area (Å²) < 4.78 is 7.14. The molecule has 0 spiro atoms. The number of likely N-dealkylation sites (N-methyl/N-ethyl adjacent to an activating group) is 1. The molecule has 0 radical (unpaired) electrons. The monoisotopic (exact) mass is 280 g/mol. The molecule has 1 atom stereocenters. The van der Waals surface area contributed by atoms with Crippen molar-refractivity contribution in [2.24, 2.45) is 5.92 Å². The van der Waals surface area contributed by atoms with E-state index in [0.717, 1.165) is 25.3 Å². The van der Waals surface area contributed by atoms with Gasteiger partial charge in [-0.2, -0.15) is 5.10 Å². The molecule has 2 heterocycles. The van der Waals surface area contributed by atoms with E-state index in [0.29, 0.717) is 19.1 Å². The zero-order chi connectivity index (χ0) is 14.5. The van der Waals surface area contributed by atoms with E-state index in [1.807, 2.05) is 0 Å². The molecule has 1 aromatic heterocycles. The molecular formula is C14H24N4O2. The molecule has 0 saturated carbocycles. The van der Waals surface area contributed by atoms with E-state index >= 15 is 0 Å². The maximum absolute atomic E-state index is 12.0. The summed E-state index contributed by atoms with van der Waals surface area (Å²) in [5, 5.41) is 7.43. The van der Waals surface area contributed by atoms with E-state index in [9.17, 15) is 4.79 Å². The Bertz CT molecular complexity index is 486. The molecule has 0 aliphatic carbocycles. The highest BCUT2D eigenvalue weighted by Crippen LogP contribution is 2.06. The van der Waals surface area contributed by atoms with Gasteiger partial charge in [0.2, 0.25) is 0 Å². The molecule has 0 bridgehead atoms. The molecule has 1 aromatic rings. The topological polar surface area (TPSA) is 59.4 Å². The molecule has 0 amide bonds. The second-order valence-corrected chi connectivity index (χ2v) is 5.79. The highest BCUT2D eigenvalue weighted by molar-refractivity contribution is 5.38. The third-order valence-electron chi connectivity index (χ3n) is 3.30. The predicted octanol–water partition coefficient (Wildman–Crippen LogP) is 0.642. The van der Waals surface area contributed by atoms with Gasteiger partial charge in [0, 0.05) is 25.7 Å². The maximum Gasteiger partial charge on any atom is 0.268 e. The molecule has 1 aliphatic rings. The van der Waals surface area contributed by atoms with Crippen molar-refractivity contribution < 1.29 is 4.74 Å². The highest BCUT2D eigenvalue weighted by atomic mass is 16.5. The Balaban J connectivity index is 1.97. The van der Waals surface area contributed by atoms with Gasteiger partial charge in [0.1, 0.15) is 0 Å². The van der Waals surface area contributed by atoms with Crippen LogP contribution in [0.3, 0.4) is 0 Å². The van der Waals surface area contributed by atoms with Gasteiger partial charge in [-0.25, -0.2) is 4.68 Å². The van der Waals surface area contributed by atoms with Crippen LogP contribution in [0, 0.1) is 5.92 Å². The normalized spacial score (nSPS) is 20.3. The van der Waals surface area contributed by atoms with Crippen molar-refractivity contribution in [2.75, 3.05) is 38.6 Å². The van der Waals surface area contributed by atoms with Crippen LogP contribution in [-0.2, 0) is 11.3 Å². The van der Waals surface area contributed by atoms with Crippen molar-refractivity contribution in [1.29, 1.82) is 0 Å². The molecule has 0 aromatic carbocycles. The summed E-state index contributed by atoms with van der Waals surface area (Å²) in [7, 11) is 2.06. The second kappa shape index (κ2) is 6.85. The van der Waals surface area contributed by atoms with Crippen molar-refractivity contribution in [2.45, 2.75) is 26.5 Å². The fourth-order valence-corrected chi connectivity index (χ4v) is 2.16. The fraction of sp³-hybridized carbons (Fsp3) is 0.714. The number of hydrogen-bond donors (Lipinski definition) is 1. The first-order valence-electron chi connectivity index (χ1n) is 7.16. The first-order valence-corrected chi connectivity index (χ1v) is 7.16. The zero-order valence-electron chi connectivity index (χ0n) is 12.5. The molecule has 1 fully saturated rings. The number of ether oxygens (including phenoxy) is 1. The van der Waals surface area contributed by atoms with Gasteiger partial charge in [0.25, 0.3) is 5.56 Å². The Kier molecular flexibility index (Phi) is 5.14. The Labute approximate surface area is 119 Å². The van der Waals surface area contributed by atoms with Crippen LogP contribution in [0.4, 0.5) is 5.69 Å². The lowest BCUT2D eigenvalue weighted by molar-refractivity contribution is -0.0296. The number of nitrogens with one attached hydrogen (secondary N) is 1. The van der Waals surface area contributed by atoms with Crippen LogP contribution in [-0.4, -0.2) is 54.1 Å². The molecule has 112 valence electrons. The average Bonchev–Trinajstić information content (AvgIpc) is 2.39. The Morgan fingerprint density at radius 2 is 2.35 bits per heavy atom. The molecule has 20 heavy (non-hydrogen) atoms. The summed E-state index contributed by atoms with van der Waals surface area (Å²) in [4.78, 5) is 14.2. The molecule has 1 unspecified atom stereocenters. The quantitative estimate of drug-likeness (QED) is 0.858. The average molecular weight is 280 g/mol. The zero-order valence-corrected chi connectivity index (χ0v) is 12.5. The fourth-order valence-electron chi connectivity index (χ4n) is 2.16. The Morgan fingerprint density at radius 3 is 3.00 bits per heavy atom. The van der Waals surface area contributed by atoms with Crippen molar-refractivity contribution in [3.63, 3.8) is 0 Å². The van der Waals surface area contributed by atoms with E-state index in [-0.39, 0.29) is 11.7 Å². The minimum absolute atomic E-state index is 0.0356. The number of anilines is 1. The van der Waals surface area contributed by atoms with Gasteiger partial charge < -0.3 is 15.0 Å². The van der Waals surface area contributed by atoms with Crippen LogP contribution in [0.1, 0.15) is 13.8 Å². The molecule has 1 N–H and O–H groups in total. The smallest absolute Gasteiger partial charge is 0.268 e. The first-order chi connectivity index (χ1) is 9.54. The first kappa shape index (κ1) is 15.0. The van der Waals surface area contributed by atoms with Crippen LogP contribution < -0.4 is 10.9 Å². The van der Waals surface area contributed by atoms with Crippen molar-refractivity contribution in [1.82, 2.24) is 14.7 Å². The van der Waals surface area contributed by atoms with Crippen LogP contribution in [0.5, 0.6) is 0 Å². The molecular weight excluding hydrogens is 256 g/mol. The highest BCUT2D eigenvalue weighted by Gasteiger charge is 2.18. The van der Waals surface area contributed by atoms with E-state index in [4.69, 9.17) is 4.74 Å². The number of aromatic nitrogens is 2. The van der Waals surface area contributed by atoms with Gasteiger partial charge >= 0.3 is 0 Å². The second-order valence-electron chi connectivity index (χ2n) is 5.79. The minimum atomic E-state index is -0.0874. The van der Waals surface area contributed by atoms with Crippen molar-refractivity contribution >= 4 is 5.69 Å². The van der Waals surface area contributed by atoms with Gasteiger partial charge in [-0.1, -0.05) is 13.8 Å². The molecule has 1 saturated heterocycles. The summed E-state index contributed by atoms with van der Waals surface area (Å²) in [6.07, 6.45) is 1.74. The van der Waals surface area contributed by atoms with E-state index < -0.39 is 0 Å². The number of hydrogen-bond acceptors (Lipinski definition) is 5. The van der Waals surface area contributed by atoms with E-state index in [2.05, 4.69) is 36.2 Å². The maximum atomic E-state index is 12.0. The summed E-state index contributed by atoms with van der Waals surface area (Å²) in [6.45, 7) is 8.08. The summed E-state index contributed by atoms with van der Waals surface area (Å²) in [6, 6.07) is 1.60. The van der Waals surface area contributed by atoms with E-state index in [1.54, 1.807) is 12.3 Å². The largest absolute Gasteiger partial charge is 0.383 e. The van der Waals surface area contributed by atoms with Gasteiger partial charge in [0.05, 0.1) is 31.1 Å². The van der Waals surface area contributed by atoms with Gasteiger partial charge in [-0.3, -0.25) is 4.79 Å². The third-order valence-corrected chi connectivity index (χ3v) is 3.30. The van der Waals surface area contributed by atoms with Gasteiger partial charge in [-0.15, -0.1) is 0 Å². The molecule has 6 nitrogen and oxygen atoms in total. The summed E-state index contributed by atoms with van der Waals surface area (Å²) in [5.74, 6) is 0.531. The van der Waals surface area contributed by atoms with Crippen LogP contribution in [0.15, 0.2) is 17.1 Å². The standard InChI is InChI=1S/C14H24N4O2/c1-11(2)7-15-12-6-14(19)18(16-8-12)10-13-9-17(3)4-5-20-13/h6,8,11,13,15H,4-5,7,9-10H2,1-3H3. The van der Waals surface area contributed by atoms with E-state index in [1.165, 1.54) is 4.68 Å². The summed E-state index contributed by atoms with van der Waals surface area (Å²) >= 11 is 0. The molecule has 6 heteroatoms. The lowest BCUT2D eigenvalue weighted by Gasteiger charge is -2.29. The van der Waals surface area contributed by atoms with Crippen molar-refractivity contribution in [3.8, 4) is 0 Å². The number of rotatable bonds is 5. The molecule has 1 aliphatic heterocycles. The SMILES string of the molecule is CC(C)CNc1cnn(CC2CN(C)CCO2)c(=O)c1. The van der Waals surface area contributed by atoms with Crippen molar-refractivity contribution in [3.05, 3.63) is 22.6 Å². The van der Waals surface area contributed by atoms with Gasteiger partial charge in [-0.05, 0) is 13.0 Å². The van der Waals surface area contributed by atoms with Crippen LogP contribution in [0.2, 0.25) is 0 Å². The Hall–Kier alpha value is -1.40. The number of morpholine rings is 1. The third kappa shape index (κ3) is 4.31.